The molecule has 4 spiro atoms. The standard InChI is InChI=1S/C26H34N2O/c1-2-12-22-21(11-1)27-26-19-10-7-13-23(26)17-20-9-4-6-15-25(20,28(22)26)29-24(23)14-5-3-8-18(24)16-19/h1-2,11-12,18-20,27H,3-10,13-17H2/t18?,19?,20-,23?,24?,25+,26?/m1/s1. The van der Waals surface area contributed by atoms with Crippen LogP contribution in [0.15, 0.2) is 24.3 Å². The van der Waals surface area contributed by atoms with Gasteiger partial charge < -0.3 is 15.0 Å². The number of anilines is 2. The number of fused-ring (bicyclic) bond motifs is 1. The maximum atomic E-state index is 7.77. The Labute approximate surface area is 174 Å². The molecule has 5 bridgehead atoms. The minimum Gasteiger partial charge on any atom is -0.360 e. The van der Waals surface area contributed by atoms with Crippen molar-refractivity contribution in [1.29, 1.82) is 0 Å². The SMILES string of the molecule is c1ccc2c(c1)NC13C4CCCC15C[C@H]1CCCC[C@@]1(OC51CCCCC1C4)N23. The zero-order valence-corrected chi connectivity index (χ0v) is 17.6. The molecule has 0 aromatic heterocycles. The summed E-state index contributed by atoms with van der Waals surface area (Å²) >= 11 is 0. The molecule has 3 saturated heterocycles. The highest BCUT2D eigenvalue weighted by Gasteiger charge is 2.85. The second kappa shape index (κ2) is 4.98. The van der Waals surface area contributed by atoms with Crippen LogP contribution in [0.2, 0.25) is 0 Å². The average Bonchev–Trinajstić information content (AvgIpc) is 3.09. The molecule has 0 radical (unpaired) electrons. The van der Waals surface area contributed by atoms with Gasteiger partial charge in [-0.25, -0.2) is 0 Å². The second-order valence-corrected chi connectivity index (χ2v) is 11.6. The summed E-state index contributed by atoms with van der Waals surface area (Å²) in [7, 11) is 0. The molecular formula is C26H34N2O. The van der Waals surface area contributed by atoms with E-state index < -0.39 is 0 Å². The fourth-order valence-electron chi connectivity index (χ4n) is 10.4. The van der Waals surface area contributed by atoms with Gasteiger partial charge in [0.05, 0.1) is 17.0 Å². The zero-order chi connectivity index (χ0) is 18.9. The summed E-state index contributed by atoms with van der Waals surface area (Å²) in [5.41, 5.74) is 3.36. The summed E-state index contributed by atoms with van der Waals surface area (Å²) in [5, 5.41) is 4.31. The number of ether oxygens (including phenoxy) is 1. The summed E-state index contributed by atoms with van der Waals surface area (Å²) in [6.07, 6.45) is 17.9. The van der Waals surface area contributed by atoms with Crippen LogP contribution >= 0.6 is 0 Å². The van der Waals surface area contributed by atoms with Crippen LogP contribution in [0.1, 0.15) is 83.5 Å². The van der Waals surface area contributed by atoms with Gasteiger partial charge in [-0.1, -0.05) is 37.8 Å². The lowest BCUT2D eigenvalue weighted by atomic mass is 9.37. The first-order chi connectivity index (χ1) is 14.3. The summed E-state index contributed by atoms with van der Waals surface area (Å²) in [6.45, 7) is 0. The molecule has 0 amide bonds. The van der Waals surface area contributed by atoms with Gasteiger partial charge in [0.25, 0.3) is 0 Å². The average molecular weight is 391 g/mol. The van der Waals surface area contributed by atoms with Crippen molar-refractivity contribution < 1.29 is 4.74 Å². The van der Waals surface area contributed by atoms with Gasteiger partial charge >= 0.3 is 0 Å². The minimum atomic E-state index is -0.0504. The molecule has 9 rings (SSSR count). The van der Waals surface area contributed by atoms with Crippen LogP contribution in [-0.2, 0) is 4.74 Å². The van der Waals surface area contributed by atoms with Crippen molar-refractivity contribution in [3.05, 3.63) is 24.3 Å². The van der Waals surface area contributed by atoms with Gasteiger partial charge in [0.2, 0.25) is 0 Å². The van der Waals surface area contributed by atoms with Crippen molar-refractivity contribution in [3.63, 3.8) is 0 Å². The van der Waals surface area contributed by atoms with E-state index in [0.29, 0.717) is 5.41 Å². The summed E-state index contributed by atoms with van der Waals surface area (Å²) in [4.78, 5) is 2.92. The van der Waals surface area contributed by atoms with Crippen LogP contribution in [-0.4, -0.2) is 17.0 Å². The lowest BCUT2D eigenvalue weighted by Crippen LogP contribution is -2.92. The van der Waals surface area contributed by atoms with E-state index in [4.69, 9.17) is 4.74 Å². The molecule has 4 aliphatic heterocycles. The molecule has 3 nitrogen and oxygen atoms in total. The lowest BCUT2D eigenvalue weighted by molar-refractivity contribution is -0.393. The number of hydrogen-bond donors (Lipinski definition) is 1. The Kier molecular flexibility index (Phi) is 2.83. The highest BCUT2D eigenvalue weighted by Crippen LogP contribution is 2.80. The fraction of sp³-hybridized carbons (Fsp3) is 0.769. The first-order valence-electron chi connectivity index (χ1n) is 12.6. The van der Waals surface area contributed by atoms with E-state index in [9.17, 15) is 0 Å². The smallest absolute Gasteiger partial charge is 0.146 e. The minimum absolute atomic E-state index is 0.0504. The molecule has 8 aliphatic rings. The molecule has 1 aromatic rings. The van der Waals surface area contributed by atoms with Crippen molar-refractivity contribution in [2.24, 2.45) is 23.2 Å². The summed E-state index contributed by atoms with van der Waals surface area (Å²) < 4.78 is 7.77. The van der Waals surface area contributed by atoms with Gasteiger partial charge in [0.1, 0.15) is 11.4 Å². The predicted octanol–water partition coefficient (Wildman–Crippen LogP) is 6.05. The summed E-state index contributed by atoms with van der Waals surface area (Å²) in [6, 6.07) is 9.23. The zero-order valence-electron chi connectivity index (χ0n) is 17.6. The Balaban J connectivity index is 1.46. The second-order valence-electron chi connectivity index (χ2n) is 11.6. The van der Waals surface area contributed by atoms with E-state index in [2.05, 4.69) is 34.5 Å². The van der Waals surface area contributed by atoms with E-state index in [1.807, 2.05) is 0 Å². The molecule has 29 heavy (non-hydrogen) atoms. The van der Waals surface area contributed by atoms with E-state index in [1.54, 1.807) is 0 Å². The Bertz CT molecular complexity index is 900. The molecule has 7 fully saturated rings. The monoisotopic (exact) mass is 390 g/mol. The quantitative estimate of drug-likeness (QED) is 0.583. The number of rotatable bonds is 0. The number of nitrogens with one attached hydrogen (secondary N) is 1. The van der Waals surface area contributed by atoms with Gasteiger partial charge in [-0.2, -0.15) is 0 Å². The molecule has 4 aliphatic carbocycles. The van der Waals surface area contributed by atoms with Gasteiger partial charge in [-0.15, -0.1) is 0 Å². The first kappa shape index (κ1) is 16.5. The van der Waals surface area contributed by atoms with E-state index in [1.165, 1.54) is 94.8 Å². The first-order valence-corrected chi connectivity index (χ1v) is 12.6. The lowest BCUT2D eigenvalue weighted by Gasteiger charge is -2.83. The van der Waals surface area contributed by atoms with Gasteiger partial charge in [-0.3, -0.25) is 0 Å². The molecule has 154 valence electrons. The van der Waals surface area contributed by atoms with Crippen LogP contribution in [0, 0.1) is 23.2 Å². The number of benzene rings is 1. The molecule has 4 saturated carbocycles. The maximum Gasteiger partial charge on any atom is 0.146 e. The van der Waals surface area contributed by atoms with Crippen LogP contribution in [0.5, 0.6) is 0 Å². The molecule has 7 atom stereocenters. The molecule has 4 heterocycles. The molecule has 1 aromatic carbocycles. The third-order valence-corrected chi connectivity index (χ3v) is 11.0. The van der Waals surface area contributed by atoms with Crippen molar-refractivity contribution in [2.75, 3.05) is 10.2 Å². The van der Waals surface area contributed by atoms with Gasteiger partial charge in [0.15, 0.2) is 0 Å². The van der Waals surface area contributed by atoms with Crippen molar-refractivity contribution in [2.45, 2.75) is 100 Å². The number of nitrogens with zero attached hydrogens (tertiary/aromatic N) is 1. The Hall–Kier alpha value is -1.22. The van der Waals surface area contributed by atoms with Crippen molar-refractivity contribution >= 4 is 11.4 Å². The van der Waals surface area contributed by atoms with Crippen LogP contribution < -0.4 is 10.2 Å². The molecular weight excluding hydrogens is 356 g/mol. The van der Waals surface area contributed by atoms with Crippen molar-refractivity contribution in [1.82, 2.24) is 0 Å². The van der Waals surface area contributed by atoms with E-state index >= 15 is 0 Å². The Morgan fingerprint density at radius 1 is 0.862 bits per heavy atom. The van der Waals surface area contributed by atoms with Gasteiger partial charge in [0, 0.05) is 17.3 Å². The topological polar surface area (TPSA) is 24.5 Å². The maximum absolute atomic E-state index is 7.77. The van der Waals surface area contributed by atoms with Crippen LogP contribution in [0.25, 0.3) is 0 Å². The molecule has 1 N–H and O–H groups in total. The highest BCUT2D eigenvalue weighted by atomic mass is 16.6. The van der Waals surface area contributed by atoms with Crippen molar-refractivity contribution in [3.8, 4) is 0 Å². The predicted molar refractivity (Wildman–Crippen MR) is 115 cm³/mol. The highest BCUT2D eigenvalue weighted by molar-refractivity contribution is 5.81. The number of hydrogen-bond acceptors (Lipinski definition) is 3. The van der Waals surface area contributed by atoms with Crippen LogP contribution in [0.3, 0.4) is 0 Å². The fourth-order valence-corrected chi connectivity index (χ4v) is 10.4. The van der Waals surface area contributed by atoms with E-state index in [0.717, 1.165) is 17.8 Å². The number of piperidine rings is 1. The third kappa shape index (κ3) is 1.50. The Morgan fingerprint density at radius 3 is 2.66 bits per heavy atom. The third-order valence-electron chi connectivity index (χ3n) is 11.0. The molecule has 5 unspecified atom stereocenters. The normalized spacial score (nSPS) is 53.4. The van der Waals surface area contributed by atoms with Crippen LogP contribution in [0.4, 0.5) is 11.4 Å². The number of para-hydroxylation sites is 2. The molecule has 3 heteroatoms. The largest absolute Gasteiger partial charge is 0.360 e. The Morgan fingerprint density at radius 2 is 1.69 bits per heavy atom. The van der Waals surface area contributed by atoms with E-state index in [-0.39, 0.29) is 17.0 Å². The van der Waals surface area contributed by atoms with Gasteiger partial charge in [-0.05, 0) is 75.8 Å². The summed E-state index contributed by atoms with van der Waals surface area (Å²) in [5.74, 6) is 2.31.